The second-order valence-electron chi connectivity index (χ2n) is 8.17. The molecule has 2 aliphatic heterocycles. The lowest BCUT2D eigenvalue weighted by atomic mass is 10.2. The lowest BCUT2D eigenvalue weighted by molar-refractivity contribution is -0.225. The number of nitrogens with zero attached hydrogens (tertiary/aromatic N) is 2. The van der Waals surface area contributed by atoms with Crippen LogP contribution in [-0.4, -0.2) is 66.6 Å². The molecule has 0 radical (unpaired) electrons. The predicted molar refractivity (Wildman–Crippen MR) is 120 cm³/mol. The van der Waals surface area contributed by atoms with Crippen LogP contribution in [0.5, 0.6) is 0 Å². The Labute approximate surface area is 208 Å². The van der Waals surface area contributed by atoms with Gasteiger partial charge in [-0.2, -0.15) is 17.7 Å². The summed E-state index contributed by atoms with van der Waals surface area (Å²) in [4.78, 5) is 38.8. The molecule has 1 unspecified atom stereocenters. The topological polar surface area (TPSA) is 107 Å². The van der Waals surface area contributed by atoms with Gasteiger partial charge in [0.2, 0.25) is 0 Å². The summed E-state index contributed by atoms with van der Waals surface area (Å²) in [5.74, 6) is 1.09. The minimum absolute atomic E-state index is 0.0458. The summed E-state index contributed by atoms with van der Waals surface area (Å²) in [6.45, 7) is 0.672. The SMILES string of the molecule is C#CCO[C@H]1C[C@H](n2cc(C(F)(F)F)c(=O)n(C(=O)c3ccccc3)c2=O)O[C@@H]1COC1COCCO1. The summed E-state index contributed by atoms with van der Waals surface area (Å²) >= 11 is 0. The van der Waals surface area contributed by atoms with Crippen LogP contribution in [0.25, 0.3) is 0 Å². The summed E-state index contributed by atoms with van der Waals surface area (Å²) in [6, 6.07) is 7.02. The van der Waals surface area contributed by atoms with Gasteiger partial charge < -0.3 is 23.7 Å². The van der Waals surface area contributed by atoms with Crippen LogP contribution in [0.2, 0.25) is 0 Å². The van der Waals surface area contributed by atoms with Gasteiger partial charge in [-0.15, -0.1) is 6.42 Å². The zero-order valence-corrected chi connectivity index (χ0v) is 19.4. The fourth-order valence-electron chi connectivity index (χ4n) is 3.98. The van der Waals surface area contributed by atoms with Crippen molar-refractivity contribution in [1.29, 1.82) is 0 Å². The molecule has 3 heterocycles. The number of benzene rings is 1. The van der Waals surface area contributed by atoms with Gasteiger partial charge in [-0.3, -0.25) is 14.2 Å². The highest BCUT2D eigenvalue weighted by Crippen LogP contribution is 2.32. The van der Waals surface area contributed by atoms with Crippen molar-refractivity contribution in [3.05, 3.63) is 68.5 Å². The largest absolute Gasteiger partial charge is 0.423 e. The van der Waals surface area contributed by atoms with E-state index in [9.17, 15) is 27.6 Å². The van der Waals surface area contributed by atoms with E-state index in [0.717, 1.165) is 0 Å². The Balaban J connectivity index is 1.69. The maximum atomic E-state index is 13.8. The number of alkyl halides is 3. The third-order valence-corrected chi connectivity index (χ3v) is 5.75. The quantitative estimate of drug-likeness (QED) is 0.501. The van der Waals surface area contributed by atoms with E-state index in [0.29, 0.717) is 24.0 Å². The molecule has 0 saturated carbocycles. The van der Waals surface area contributed by atoms with Crippen LogP contribution < -0.4 is 11.2 Å². The summed E-state index contributed by atoms with van der Waals surface area (Å²) < 4.78 is 69.5. The van der Waals surface area contributed by atoms with E-state index in [2.05, 4.69) is 5.92 Å². The predicted octanol–water partition coefficient (Wildman–Crippen LogP) is 1.41. The number of halogens is 3. The molecular formula is C24H23F3N2O8. The highest BCUT2D eigenvalue weighted by Gasteiger charge is 2.42. The van der Waals surface area contributed by atoms with E-state index in [-0.39, 0.29) is 36.4 Å². The molecule has 0 amide bonds. The Morgan fingerprint density at radius 2 is 1.92 bits per heavy atom. The van der Waals surface area contributed by atoms with Crippen molar-refractivity contribution in [1.82, 2.24) is 9.13 Å². The molecule has 0 spiro atoms. The second-order valence-corrected chi connectivity index (χ2v) is 8.17. The third kappa shape index (κ3) is 6.00. The lowest BCUT2D eigenvalue weighted by Crippen LogP contribution is -2.47. The van der Waals surface area contributed by atoms with Crippen LogP contribution >= 0.6 is 0 Å². The Morgan fingerprint density at radius 1 is 1.16 bits per heavy atom. The molecule has 4 atom stereocenters. The number of rotatable bonds is 7. The molecule has 13 heteroatoms. The molecule has 4 rings (SSSR count). The number of hydrogen-bond acceptors (Lipinski definition) is 8. The van der Waals surface area contributed by atoms with E-state index >= 15 is 0 Å². The third-order valence-electron chi connectivity index (χ3n) is 5.75. The minimum Gasteiger partial charge on any atom is -0.374 e. The normalized spacial score (nSPS) is 24.1. The van der Waals surface area contributed by atoms with Crippen molar-refractivity contribution in [2.75, 3.05) is 33.0 Å². The van der Waals surface area contributed by atoms with Gasteiger partial charge in [-0.05, 0) is 12.1 Å². The zero-order chi connectivity index (χ0) is 26.6. The monoisotopic (exact) mass is 524 g/mol. The highest BCUT2D eigenvalue weighted by atomic mass is 19.4. The van der Waals surface area contributed by atoms with Gasteiger partial charge in [-0.1, -0.05) is 24.1 Å². The van der Waals surface area contributed by atoms with Crippen molar-refractivity contribution in [2.45, 2.75) is 37.3 Å². The van der Waals surface area contributed by atoms with E-state index in [1.165, 1.54) is 24.3 Å². The average Bonchev–Trinajstić information content (AvgIpc) is 3.29. The van der Waals surface area contributed by atoms with Gasteiger partial charge in [0, 0.05) is 18.2 Å². The summed E-state index contributed by atoms with van der Waals surface area (Å²) in [5, 5.41) is 0. The molecule has 1 aromatic carbocycles. The molecular weight excluding hydrogens is 501 g/mol. The number of aromatic nitrogens is 2. The van der Waals surface area contributed by atoms with E-state index in [1.54, 1.807) is 6.07 Å². The molecule has 0 aliphatic carbocycles. The average molecular weight is 524 g/mol. The van der Waals surface area contributed by atoms with Gasteiger partial charge in [0.25, 0.3) is 11.5 Å². The van der Waals surface area contributed by atoms with E-state index in [1.807, 2.05) is 0 Å². The first-order valence-corrected chi connectivity index (χ1v) is 11.3. The Kier molecular flexibility index (Phi) is 8.25. The molecule has 0 bridgehead atoms. The van der Waals surface area contributed by atoms with Crippen LogP contribution in [-0.2, 0) is 29.9 Å². The Hall–Kier alpha value is -3.28. The van der Waals surface area contributed by atoms with Crippen molar-refractivity contribution in [2.24, 2.45) is 0 Å². The molecule has 2 fully saturated rings. The van der Waals surface area contributed by atoms with Crippen LogP contribution in [0.15, 0.2) is 46.1 Å². The van der Waals surface area contributed by atoms with Crippen molar-refractivity contribution in [3.8, 4) is 12.3 Å². The fourth-order valence-corrected chi connectivity index (χ4v) is 3.98. The van der Waals surface area contributed by atoms with Crippen LogP contribution in [0.3, 0.4) is 0 Å². The van der Waals surface area contributed by atoms with Crippen LogP contribution in [0.1, 0.15) is 28.6 Å². The van der Waals surface area contributed by atoms with Crippen LogP contribution in [0, 0.1) is 12.3 Å². The molecule has 2 aliphatic rings. The first kappa shape index (κ1) is 26.8. The minimum atomic E-state index is -5.15. The fraction of sp³-hybridized carbons (Fsp3) is 0.458. The van der Waals surface area contributed by atoms with E-state index in [4.69, 9.17) is 30.1 Å². The van der Waals surface area contributed by atoms with Gasteiger partial charge in [0.15, 0.2) is 6.29 Å². The molecule has 198 valence electrons. The number of carbonyl (C=O) groups excluding carboxylic acids is 1. The smallest absolute Gasteiger partial charge is 0.374 e. The Bertz CT molecular complexity index is 1260. The zero-order valence-electron chi connectivity index (χ0n) is 19.4. The number of ether oxygens (including phenoxy) is 5. The number of hydrogen-bond donors (Lipinski definition) is 0. The molecule has 37 heavy (non-hydrogen) atoms. The summed E-state index contributed by atoms with van der Waals surface area (Å²) in [7, 11) is 0. The molecule has 0 N–H and O–H groups in total. The standard InChI is InChI=1S/C24H23F3N2O8/c1-2-8-34-17-11-19(37-18(17)13-36-20-14-33-9-10-35-20)28-12-16(24(25,26)27)22(31)29(23(28)32)21(30)15-6-4-3-5-7-15/h1,3-7,12,17-20H,8-11,13-14H2/t17-,18+,19+,20?/m0/s1. The van der Waals surface area contributed by atoms with Gasteiger partial charge >= 0.3 is 11.9 Å². The highest BCUT2D eigenvalue weighted by molar-refractivity contribution is 5.95. The van der Waals surface area contributed by atoms with Gasteiger partial charge in [-0.25, -0.2) is 4.79 Å². The summed E-state index contributed by atoms with van der Waals surface area (Å²) in [6.07, 6.45) is -3.26. The Morgan fingerprint density at radius 3 is 2.57 bits per heavy atom. The second kappa shape index (κ2) is 11.4. The first-order valence-electron chi connectivity index (χ1n) is 11.3. The van der Waals surface area contributed by atoms with Crippen molar-refractivity contribution >= 4 is 5.91 Å². The van der Waals surface area contributed by atoms with E-state index < -0.39 is 53.6 Å². The van der Waals surface area contributed by atoms with Gasteiger partial charge in [0.1, 0.15) is 24.5 Å². The molecule has 10 nitrogen and oxygen atoms in total. The molecule has 2 aromatic rings. The van der Waals surface area contributed by atoms with Gasteiger partial charge in [0.05, 0.1) is 32.5 Å². The molecule has 1 aromatic heterocycles. The number of carbonyl (C=O) groups is 1. The van der Waals surface area contributed by atoms with Crippen molar-refractivity contribution < 1.29 is 41.7 Å². The maximum Gasteiger partial charge on any atom is 0.423 e. The first-order chi connectivity index (χ1) is 17.7. The number of terminal acetylenes is 1. The van der Waals surface area contributed by atoms with Crippen LogP contribution in [0.4, 0.5) is 13.2 Å². The lowest BCUT2D eigenvalue weighted by Gasteiger charge is -2.25. The maximum absolute atomic E-state index is 13.8. The van der Waals surface area contributed by atoms with Crippen molar-refractivity contribution in [3.63, 3.8) is 0 Å². The summed E-state index contributed by atoms with van der Waals surface area (Å²) in [5.41, 5.74) is -4.92. The molecule has 2 saturated heterocycles.